The van der Waals surface area contributed by atoms with Gasteiger partial charge in [-0.15, -0.1) is 0 Å². The number of rotatable bonds is 2. The van der Waals surface area contributed by atoms with Crippen LogP contribution in [0, 0.1) is 6.92 Å². The van der Waals surface area contributed by atoms with E-state index in [1.165, 1.54) is 5.56 Å². The minimum absolute atomic E-state index is 0.0417. The first kappa shape index (κ1) is 12.5. The van der Waals surface area contributed by atoms with E-state index in [-0.39, 0.29) is 5.78 Å². The number of ketones is 1. The molecular weight excluding hydrogens is 260 g/mol. The van der Waals surface area contributed by atoms with E-state index in [0.717, 1.165) is 11.1 Å². The second kappa shape index (κ2) is 3.92. The first-order chi connectivity index (χ1) is 10.1. The number of hydrogen-bond acceptors (Lipinski definition) is 2. The van der Waals surface area contributed by atoms with Gasteiger partial charge in [0, 0.05) is 11.1 Å². The second-order valence-electron chi connectivity index (χ2n) is 6.01. The molecule has 2 nitrogen and oxygen atoms in total. The van der Waals surface area contributed by atoms with Crippen molar-refractivity contribution in [3.8, 4) is 0 Å². The molecule has 2 aromatic carbocycles. The first-order valence-corrected chi connectivity index (χ1v) is 7.17. The molecule has 1 heterocycles. The lowest BCUT2D eigenvalue weighted by molar-refractivity contribution is 0.0870. The maximum atomic E-state index is 13.1. The van der Waals surface area contributed by atoms with Crippen LogP contribution < -0.4 is 0 Å². The zero-order valence-electron chi connectivity index (χ0n) is 12.1. The average Bonchev–Trinajstić information content (AvgIpc) is 3.15. The molecule has 2 aliphatic rings. The van der Waals surface area contributed by atoms with Crippen molar-refractivity contribution in [2.24, 2.45) is 0 Å². The number of epoxide rings is 1. The van der Waals surface area contributed by atoms with E-state index in [0.29, 0.717) is 5.56 Å². The third-order valence-corrected chi connectivity index (χ3v) is 4.55. The third kappa shape index (κ3) is 1.54. The van der Waals surface area contributed by atoms with Crippen LogP contribution in [0.2, 0.25) is 0 Å². The van der Waals surface area contributed by atoms with E-state index in [1.54, 1.807) is 0 Å². The summed E-state index contributed by atoms with van der Waals surface area (Å²) in [6, 6.07) is 15.6. The summed E-state index contributed by atoms with van der Waals surface area (Å²) in [6.07, 6.45) is 4.07. The Morgan fingerprint density at radius 3 is 2.62 bits per heavy atom. The highest BCUT2D eigenvalue weighted by Crippen LogP contribution is 2.61. The lowest BCUT2D eigenvalue weighted by atomic mass is 9.76. The number of fused-ring (bicyclic) bond motifs is 3. The van der Waals surface area contributed by atoms with Gasteiger partial charge in [0.25, 0.3) is 0 Å². The second-order valence-corrected chi connectivity index (χ2v) is 6.01. The van der Waals surface area contributed by atoms with Gasteiger partial charge in [-0.05, 0) is 25.5 Å². The van der Waals surface area contributed by atoms with Crippen molar-refractivity contribution < 1.29 is 9.53 Å². The summed E-state index contributed by atoms with van der Waals surface area (Å²) in [6.45, 7) is 4.04. The molecule has 21 heavy (non-hydrogen) atoms. The first-order valence-electron chi connectivity index (χ1n) is 7.17. The zero-order valence-corrected chi connectivity index (χ0v) is 12.1. The maximum Gasteiger partial charge on any atom is 0.202 e. The fraction of sp³-hybridized carbons (Fsp3) is 0.211. The molecule has 1 aliphatic carbocycles. The molecule has 0 saturated carbocycles. The highest BCUT2D eigenvalue weighted by Gasteiger charge is 2.72. The molecule has 0 N–H and O–H groups in total. The fourth-order valence-electron chi connectivity index (χ4n) is 3.34. The van der Waals surface area contributed by atoms with Crippen LogP contribution in [0.4, 0.5) is 0 Å². The Morgan fingerprint density at radius 1 is 1.10 bits per heavy atom. The maximum absolute atomic E-state index is 13.1. The van der Waals surface area contributed by atoms with Crippen LogP contribution >= 0.6 is 0 Å². The molecule has 2 aromatic rings. The summed E-state index contributed by atoms with van der Waals surface area (Å²) in [5.41, 5.74) is 2.56. The summed E-state index contributed by atoms with van der Waals surface area (Å²) in [7, 11) is 0. The quantitative estimate of drug-likeness (QED) is 0.615. The molecule has 4 rings (SSSR count). The number of ether oxygens (including phenoxy) is 1. The Morgan fingerprint density at radius 2 is 1.86 bits per heavy atom. The number of Topliss-reactive ketones (excluding diaryl/α,β-unsaturated/α-hetero) is 1. The molecule has 0 aromatic heterocycles. The molecule has 0 spiro atoms. The van der Waals surface area contributed by atoms with E-state index in [4.69, 9.17) is 4.74 Å². The standard InChI is InChI=1S/C19H16O2/c1-13-8-9-16-15(12-13)10-11-18(2)19(16,21-18)17(20)14-6-4-3-5-7-14/h3-12H,1-2H3. The van der Waals surface area contributed by atoms with Gasteiger partial charge in [0.1, 0.15) is 5.60 Å². The summed E-state index contributed by atoms with van der Waals surface area (Å²) in [5, 5.41) is 0. The van der Waals surface area contributed by atoms with Crippen LogP contribution in [0.25, 0.3) is 6.08 Å². The van der Waals surface area contributed by atoms with Gasteiger partial charge in [-0.25, -0.2) is 0 Å². The van der Waals surface area contributed by atoms with Gasteiger partial charge in [0.15, 0.2) is 5.60 Å². The Labute approximate surface area is 124 Å². The van der Waals surface area contributed by atoms with E-state index in [9.17, 15) is 4.79 Å². The van der Waals surface area contributed by atoms with Crippen LogP contribution in [0.3, 0.4) is 0 Å². The average molecular weight is 276 g/mol. The summed E-state index contributed by atoms with van der Waals surface area (Å²) in [5.74, 6) is 0.0417. The van der Waals surface area contributed by atoms with Crippen LogP contribution in [0.5, 0.6) is 0 Å². The van der Waals surface area contributed by atoms with Gasteiger partial charge in [0.2, 0.25) is 5.78 Å². The van der Waals surface area contributed by atoms with Gasteiger partial charge in [-0.2, -0.15) is 0 Å². The summed E-state index contributed by atoms with van der Waals surface area (Å²) in [4.78, 5) is 13.1. The predicted octanol–water partition coefficient (Wildman–Crippen LogP) is 3.89. The number of benzene rings is 2. The number of carbonyl (C=O) groups excluding carboxylic acids is 1. The lowest BCUT2D eigenvalue weighted by Gasteiger charge is -2.21. The molecule has 0 radical (unpaired) electrons. The Balaban J connectivity index is 1.89. The minimum atomic E-state index is -0.855. The van der Waals surface area contributed by atoms with E-state index >= 15 is 0 Å². The topological polar surface area (TPSA) is 29.6 Å². The normalized spacial score (nSPS) is 28.7. The monoisotopic (exact) mass is 276 g/mol. The number of hydrogen-bond donors (Lipinski definition) is 0. The zero-order chi connectivity index (χ0) is 14.7. The SMILES string of the molecule is Cc1ccc2c(c1)C=CC1(C)OC21C(=O)c1ccccc1. The lowest BCUT2D eigenvalue weighted by Crippen LogP contribution is -2.32. The predicted molar refractivity (Wildman–Crippen MR) is 82.2 cm³/mol. The molecular formula is C19H16O2. The van der Waals surface area contributed by atoms with Gasteiger partial charge < -0.3 is 4.74 Å². The summed E-state index contributed by atoms with van der Waals surface area (Å²) < 4.78 is 6.00. The van der Waals surface area contributed by atoms with E-state index in [2.05, 4.69) is 19.1 Å². The van der Waals surface area contributed by atoms with Gasteiger partial charge in [-0.1, -0.05) is 60.2 Å². The molecule has 2 heteroatoms. The molecule has 2 unspecified atom stereocenters. The van der Waals surface area contributed by atoms with Gasteiger partial charge >= 0.3 is 0 Å². The fourth-order valence-corrected chi connectivity index (χ4v) is 3.34. The Kier molecular flexibility index (Phi) is 2.34. The van der Waals surface area contributed by atoms with E-state index < -0.39 is 11.2 Å². The van der Waals surface area contributed by atoms with Crippen molar-refractivity contribution in [1.29, 1.82) is 0 Å². The molecule has 104 valence electrons. The van der Waals surface area contributed by atoms with Crippen LogP contribution in [-0.4, -0.2) is 11.4 Å². The van der Waals surface area contributed by atoms with Gasteiger partial charge in [0.05, 0.1) is 0 Å². The Hall–Kier alpha value is -2.19. The highest BCUT2D eigenvalue weighted by molar-refractivity contribution is 6.07. The minimum Gasteiger partial charge on any atom is -0.344 e. The van der Waals surface area contributed by atoms with Crippen molar-refractivity contribution in [3.63, 3.8) is 0 Å². The number of carbonyl (C=O) groups is 1. The van der Waals surface area contributed by atoms with Gasteiger partial charge in [-0.3, -0.25) is 4.79 Å². The number of aryl methyl sites for hydroxylation is 1. The molecule has 2 atom stereocenters. The molecule has 0 bridgehead atoms. The third-order valence-electron chi connectivity index (χ3n) is 4.55. The van der Waals surface area contributed by atoms with Crippen LogP contribution in [-0.2, 0) is 10.3 Å². The molecule has 0 amide bonds. The molecule has 1 saturated heterocycles. The van der Waals surface area contributed by atoms with E-state index in [1.807, 2.05) is 55.5 Å². The van der Waals surface area contributed by atoms with Crippen molar-refractivity contribution in [2.45, 2.75) is 25.0 Å². The molecule has 1 aliphatic heterocycles. The Bertz CT molecular complexity index is 775. The highest BCUT2D eigenvalue weighted by atomic mass is 16.6. The van der Waals surface area contributed by atoms with Crippen LogP contribution in [0.15, 0.2) is 54.6 Å². The van der Waals surface area contributed by atoms with Crippen molar-refractivity contribution in [1.82, 2.24) is 0 Å². The van der Waals surface area contributed by atoms with Crippen molar-refractivity contribution in [2.75, 3.05) is 0 Å². The largest absolute Gasteiger partial charge is 0.344 e. The van der Waals surface area contributed by atoms with Crippen molar-refractivity contribution in [3.05, 3.63) is 76.9 Å². The smallest absolute Gasteiger partial charge is 0.202 e. The van der Waals surface area contributed by atoms with Crippen LogP contribution in [0.1, 0.15) is 34.0 Å². The van der Waals surface area contributed by atoms with Crippen molar-refractivity contribution >= 4 is 11.9 Å². The summed E-state index contributed by atoms with van der Waals surface area (Å²) >= 11 is 0. The molecule has 1 fully saturated rings.